The summed E-state index contributed by atoms with van der Waals surface area (Å²) in [6, 6.07) is -0.360. The molecule has 14 heavy (non-hydrogen) atoms. The summed E-state index contributed by atoms with van der Waals surface area (Å²) < 4.78 is 9.91. The average Bonchev–Trinajstić information content (AvgIpc) is 2.61. The highest BCUT2D eigenvalue weighted by molar-refractivity contribution is 5.77. The Labute approximate surface area is 81.7 Å². The van der Waals surface area contributed by atoms with Crippen molar-refractivity contribution in [2.24, 2.45) is 5.92 Å². The molecule has 2 unspecified atom stereocenters. The van der Waals surface area contributed by atoms with E-state index in [1.807, 2.05) is 6.08 Å². The lowest BCUT2D eigenvalue weighted by Gasteiger charge is -2.14. The normalized spacial score (nSPS) is 28.5. The van der Waals surface area contributed by atoms with Gasteiger partial charge in [0.05, 0.1) is 24.5 Å². The van der Waals surface area contributed by atoms with Crippen LogP contribution in [0.15, 0.2) is 24.3 Å². The SMILES string of the molecule is CCOC(=O)C1NNC2=COC=CC21. The first kappa shape index (κ1) is 9.08. The number of fused-ring (bicyclic) bond motifs is 1. The van der Waals surface area contributed by atoms with Crippen LogP contribution in [-0.2, 0) is 14.3 Å². The fraction of sp³-hybridized carbons (Fsp3) is 0.444. The molecule has 2 heterocycles. The van der Waals surface area contributed by atoms with E-state index in [-0.39, 0.29) is 17.9 Å². The van der Waals surface area contributed by atoms with Crippen molar-refractivity contribution in [3.8, 4) is 0 Å². The van der Waals surface area contributed by atoms with Gasteiger partial charge in [0.1, 0.15) is 12.3 Å². The van der Waals surface area contributed by atoms with Crippen molar-refractivity contribution in [2.45, 2.75) is 13.0 Å². The summed E-state index contributed by atoms with van der Waals surface area (Å²) in [7, 11) is 0. The number of nitrogens with one attached hydrogen (secondary N) is 2. The zero-order valence-electron chi connectivity index (χ0n) is 7.82. The Balaban J connectivity index is 2.08. The Hall–Kier alpha value is -1.49. The molecule has 5 nitrogen and oxygen atoms in total. The highest BCUT2D eigenvalue weighted by Gasteiger charge is 2.37. The Morgan fingerprint density at radius 3 is 3.36 bits per heavy atom. The van der Waals surface area contributed by atoms with E-state index in [9.17, 15) is 4.79 Å². The second-order valence-electron chi connectivity index (χ2n) is 3.06. The van der Waals surface area contributed by atoms with Crippen molar-refractivity contribution in [1.82, 2.24) is 10.9 Å². The van der Waals surface area contributed by atoms with Crippen molar-refractivity contribution in [1.29, 1.82) is 0 Å². The number of carbonyl (C=O) groups is 1. The maximum absolute atomic E-state index is 11.5. The third kappa shape index (κ3) is 1.46. The molecule has 5 heteroatoms. The van der Waals surface area contributed by atoms with Gasteiger partial charge in [-0.2, -0.15) is 0 Å². The number of rotatable bonds is 2. The lowest BCUT2D eigenvalue weighted by Crippen LogP contribution is -2.39. The number of hydrazine groups is 1. The molecule has 0 amide bonds. The zero-order valence-corrected chi connectivity index (χ0v) is 7.82. The van der Waals surface area contributed by atoms with E-state index in [0.717, 1.165) is 5.70 Å². The molecule has 2 aliphatic heterocycles. The van der Waals surface area contributed by atoms with Gasteiger partial charge >= 0.3 is 5.97 Å². The summed E-state index contributed by atoms with van der Waals surface area (Å²) in [6.45, 7) is 2.18. The van der Waals surface area contributed by atoms with Gasteiger partial charge in [0, 0.05) is 0 Å². The summed E-state index contributed by atoms with van der Waals surface area (Å²) in [6.07, 6.45) is 4.97. The van der Waals surface area contributed by atoms with Crippen LogP contribution in [0.4, 0.5) is 0 Å². The van der Waals surface area contributed by atoms with Gasteiger partial charge in [-0.1, -0.05) is 0 Å². The van der Waals surface area contributed by atoms with Gasteiger partial charge in [-0.15, -0.1) is 0 Å². The van der Waals surface area contributed by atoms with Crippen molar-refractivity contribution >= 4 is 5.97 Å². The van der Waals surface area contributed by atoms with Crippen LogP contribution in [0.3, 0.4) is 0 Å². The number of ether oxygens (including phenoxy) is 2. The molecule has 0 saturated carbocycles. The van der Waals surface area contributed by atoms with Gasteiger partial charge in [0.15, 0.2) is 0 Å². The second kappa shape index (κ2) is 3.71. The standard InChI is InChI=1S/C9H12N2O3/c1-2-14-9(12)8-6-3-4-13-5-7(6)10-11-8/h3-6,8,10-11H,2H2,1H3. The van der Waals surface area contributed by atoms with Crippen LogP contribution in [0, 0.1) is 5.92 Å². The summed E-state index contributed by atoms with van der Waals surface area (Å²) in [4.78, 5) is 11.5. The van der Waals surface area contributed by atoms with E-state index in [1.165, 1.54) is 0 Å². The maximum atomic E-state index is 11.5. The largest absolute Gasteiger partial charge is 0.471 e. The topological polar surface area (TPSA) is 59.6 Å². The lowest BCUT2D eigenvalue weighted by molar-refractivity contribution is -0.145. The predicted molar refractivity (Wildman–Crippen MR) is 48.5 cm³/mol. The van der Waals surface area contributed by atoms with Gasteiger partial charge in [-0.05, 0) is 13.0 Å². The third-order valence-corrected chi connectivity index (χ3v) is 2.19. The average molecular weight is 196 g/mol. The van der Waals surface area contributed by atoms with Crippen LogP contribution in [0.5, 0.6) is 0 Å². The minimum atomic E-state index is -0.360. The number of hydrogen-bond donors (Lipinski definition) is 2. The van der Waals surface area contributed by atoms with E-state index in [1.54, 1.807) is 19.4 Å². The first-order valence-corrected chi connectivity index (χ1v) is 4.53. The minimum absolute atomic E-state index is 0.0113. The Morgan fingerprint density at radius 2 is 2.57 bits per heavy atom. The second-order valence-corrected chi connectivity index (χ2v) is 3.06. The summed E-state index contributed by atoms with van der Waals surface area (Å²) in [5.41, 5.74) is 6.59. The van der Waals surface area contributed by atoms with Crippen LogP contribution in [-0.4, -0.2) is 18.6 Å². The molecule has 0 aromatic heterocycles. The number of hydrogen-bond acceptors (Lipinski definition) is 5. The molecule has 0 bridgehead atoms. The van der Waals surface area contributed by atoms with Crippen LogP contribution in [0.2, 0.25) is 0 Å². The molecule has 0 aromatic carbocycles. The first-order chi connectivity index (χ1) is 6.83. The molecule has 0 aliphatic carbocycles. The molecule has 1 saturated heterocycles. The van der Waals surface area contributed by atoms with E-state index >= 15 is 0 Å². The van der Waals surface area contributed by atoms with Crippen molar-refractivity contribution in [3.05, 3.63) is 24.3 Å². The van der Waals surface area contributed by atoms with Gasteiger partial charge < -0.3 is 14.9 Å². The van der Waals surface area contributed by atoms with E-state index < -0.39 is 0 Å². The maximum Gasteiger partial charge on any atom is 0.325 e. The molecule has 2 rings (SSSR count). The molecule has 0 aromatic rings. The molecule has 2 atom stereocenters. The molecule has 2 N–H and O–H groups in total. The van der Waals surface area contributed by atoms with Crippen molar-refractivity contribution < 1.29 is 14.3 Å². The van der Waals surface area contributed by atoms with Crippen LogP contribution in [0.1, 0.15) is 6.92 Å². The quantitative estimate of drug-likeness (QED) is 0.610. The Morgan fingerprint density at radius 1 is 1.71 bits per heavy atom. The van der Waals surface area contributed by atoms with E-state index in [4.69, 9.17) is 9.47 Å². The number of esters is 1. The molecule has 76 valence electrons. The first-order valence-electron chi connectivity index (χ1n) is 4.53. The van der Waals surface area contributed by atoms with Crippen LogP contribution >= 0.6 is 0 Å². The molecular formula is C9H12N2O3. The van der Waals surface area contributed by atoms with Crippen LogP contribution < -0.4 is 10.9 Å². The van der Waals surface area contributed by atoms with Crippen molar-refractivity contribution in [2.75, 3.05) is 6.61 Å². The minimum Gasteiger partial charge on any atom is -0.471 e. The van der Waals surface area contributed by atoms with Gasteiger partial charge in [0.2, 0.25) is 0 Å². The molecule has 0 spiro atoms. The van der Waals surface area contributed by atoms with Gasteiger partial charge in [-0.25, -0.2) is 5.43 Å². The smallest absolute Gasteiger partial charge is 0.325 e. The molecule has 0 radical (unpaired) electrons. The fourth-order valence-electron chi connectivity index (χ4n) is 1.52. The summed E-state index contributed by atoms with van der Waals surface area (Å²) in [5.74, 6) is -0.261. The summed E-state index contributed by atoms with van der Waals surface area (Å²) >= 11 is 0. The molecule has 1 fully saturated rings. The Bertz CT molecular complexity index is 298. The Kier molecular flexibility index (Phi) is 2.41. The van der Waals surface area contributed by atoms with E-state index in [2.05, 4.69) is 10.9 Å². The molecule has 2 aliphatic rings. The van der Waals surface area contributed by atoms with Gasteiger partial charge in [0.25, 0.3) is 0 Å². The predicted octanol–water partition coefficient (Wildman–Crippen LogP) is 0.0274. The zero-order chi connectivity index (χ0) is 9.97. The summed E-state index contributed by atoms with van der Waals surface area (Å²) in [5, 5.41) is 0. The highest BCUT2D eigenvalue weighted by atomic mass is 16.5. The monoisotopic (exact) mass is 196 g/mol. The lowest BCUT2D eigenvalue weighted by atomic mass is 9.99. The highest BCUT2D eigenvalue weighted by Crippen LogP contribution is 2.23. The van der Waals surface area contributed by atoms with Crippen LogP contribution in [0.25, 0.3) is 0 Å². The number of carbonyl (C=O) groups excluding carboxylic acids is 1. The fourth-order valence-corrected chi connectivity index (χ4v) is 1.52. The van der Waals surface area contributed by atoms with Gasteiger partial charge in [-0.3, -0.25) is 4.79 Å². The van der Waals surface area contributed by atoms with Crippen molar-refractivity contribution in [3.63, 3.8) is 0 Å². The molecular weight excluding hydrogens is 184 g/mol. The van der Waals surface area contributed by atoms with E-state index in [0.29, 0.717) is 6.61 Å². The third-order valence-electron chi connectivity index (χ3n) is 2.19.